The van der Waals surface area contributed by atoms with Gasteiger partial charge in [-0.3, -0.25) is 0 Å². The second kappa shape index (κ2) is 3.64. The van der Waals surface area contributed by atoms with Crippen molar-refractivity contribution < 1.29 is 21.1 Å². The molecule has 0 spiro atoms. The van der Waals surface area contributed by atoms with E-state index in [9.17, 15) is 5.11 Å². The maximum absolute atomic E-state index is 9.56. The van der Waals surface area contributed by atoms with E-state index in [0.717, 1.165) is 0 Å². The summed E-state index contributed by atoms with van der Waals surface area (Å²) in [5.41, 5.74) is 4.23. The Labute approximate surface area is 76.2 Å². The van der Waals surface area contributed by atoms with Gasteiger partial charge in [0.1, 0.15) is 12.1 Å². The molecule has 0 bridgehead atoms. The van der Waals surface area contributed by atoms with Crippen LogP contribution in [0.3, 0.4) is 0 Å². The van der Waals surface area contributed by atoms with E-state index in [4.69, 9.17) is 10.2 Å². The number of aliphatic hydroxyl groups is 1. The van der Waals surface area contributed by atoms with Gasteiger partial charge in [0.05, 0.1) is 0 Å². The second-order valence-electron chi connectivity index (χ2n) is 3.17. The summed E-state index contributed by atoms with van der Waals surface area (Å²) in [6, 6.07) is 4.07. The van der Waals surface area contributed by atoms with Crippen molar-refractivity contribution in [1.29, 1.82) is 0 Å². The third-order valence-corrected chi connectivity index (χ3v) is 1.88. The Hall–Kier alpha value is -1.26. The molecule has 0 aromatic heterocycles. The lowest BCUT2D eigenvalue weighted by Gasteiger charge is -2.12. The van der Waals surface area contributed by atoms with Gasteiger partial charge in [-0.2, -0.15) is 0 Å². The number of phenolic OH excluding ortho intramolecular Hbond substituents is 2. The van der Waals surface area contributed by atoms with Crippen LogP contribution in [0.25, 0.3) is 0 Å². The first kappa shape index (κ1) is 9.83. The van der Waals surface area contributed by atoms with Crippen LogP contribution in [0, 0.1) is 0 Å². The molecule has 1 rings (SSSR count). The minimum Gasteiger partial charge on any atom is -0.504 e. The standard InChI is InChI=1S/C9H13NO3/c1-5(10)9(13)6-2-3-7(11)8(12)4-6/h2-5,9,11-13H,10H2,1H3/p+1/t5-,9+/m0/s1. The minimum absolute atomic E-state index is 0.163. The molecule has 6 N–H and O–H groups in total. The quantitative estimate of drug-likeness (QED) is 0.478. The first-order valence-electron chi connectivity index (χ1n) is 4.05. The molecule has 0 aliphatic rings. The summed E-state index contributed by atoms with van der Waals surface area (Å²) < 4.78 is 0. The molecule has 4 heteroatoms. The average Bonchev–Trinajstić information content (AvgIpc) is 2.08. The molecule has 0 aliphatic carbocycles. The van der Waals surface area contributed by atoms with Crippen molar-refractivity contribution in [2.45, 2.75) is 19.1 Å². The fourth-order valence-corrected chi connectivity index (χ4v) is 1.05. The summed E-state index contributed by atoms with van der Waals surface area (Å²) in [5.74, 6) is -0.412. The normalized spacial score (nSPS) is 15.3. The number of aromatic hydroxyl groups is 2. The number of hydrogen-bond acceptors (Lipinski definition) is 3. The van der Waals surface area contributed by atoms with Gasteiger partial charge in [-0.15, -0.1) is 0 Å². The van der Waals surface area contributed by atoms with E-state index < -0.39 is 6.10 Å². The van der Waals surface area contributed by atoms with E-state index in [0.29, 0.717) is 5.56 Å². The smallest absolute Gasteiger partial charge is 0.157 e. The van der Waals surface area contributed by atoms with Gasteiger partial charge < -0.3 is 21.1 Å². The Balaban J connectivity index is 2.97. The first-order chi connectivity index (χ1) is 6.02. The molecule has 0 saturated heterocycles. The molecular formula is C9H14NO3+. The molecule has 4 nitrogen and oxygen atoms in total. The van der Waals surface area contributed by atoms with Crippen molar-refractivity contribution >= 4 is 0 Å². The Kier molecular flexibility index (Phi) is 2.75. The van der Waals surface area contributed by atoms with Gasteiger partial charge in [0.15, 0.2) is 11.5 Å². The highest BCUT2D eigenvalue weighted by Gasteiger charge is 2.16. The van der Waals surface area contributed by atoms with Crippen LogP contribution in [0.2, 0.25) is 0 Å². The zero-order valence-corrected chi connectivity index (χ0v) is 7.44. The molecule has 1 aromatic rings. The van der Waals surface area contributed by atoms with Crippen LogP contribution in [-0.4, -0.2) is 21.4 Å². The highest BCUT2D eigenvalue weighted by molar-refractivity contribution is 5.41. The molecule has 0 heterocycles. The van der Waals surface area contributed by atoms with Crippen molar-refractivity contribution in [1.82, 2.24) is 0 Å². The fraction of sp³-hybridized carbons (Fsp3) is 0.333. The molecule has 0 aliphatic heterocycles. The number of phenols is 2. The summed E-state index contributed by atoms with van der Waals surface area (Å²) in [6.45, 7) is 1.77. The zero-order chi connectivity index (χ0) is 10.0. The van der Waals surface area contributed by atoms with Crippen LogP contribution < -0.4 is 5.73 Å². The molecule has 0 amide bonds. The Morgan fingerprint density at radius 1 is 1.23 bits per heavy atom. The summed E-state index contributed by atoms with van der Waals surface area (Å²) >= 11 is 0. The van der Waals surface area contributed by atoms with Gasteiger partial charge in [0, 0.05) is 0 Å². The van der Waals surface area contributed by atoms with E-state index in [-0.39, 0.29) is 17.5 Å². The first-order valence-corrected chi connectivity index (χ1v) is 4.05. The summed E-state index contributed by atoms with van der Waals surface area (Å²) in [7, 11) is 0. The van der Waals surface area contributed by atoms with Crippen LogP contribution in [0.15, 0.2) is 18.2 Å². The lowest BCUT2D eigenvalue weighted by atomic mass is 10.0. The van der Waals surface area contributed by atoms with Gasteiger partial charge in [0.25, 0.3) is 0 Å². The average molecular weight is 184 g/mol. The summed E-state index contributed by atoms with van der Waals surface area (Å²) in [5, 5.41) is 27.7. The van der Waals surface area contributed by atoms with Gasteiger partial charge in [-0.05, 0) is 24.6 Å². The van der Waals surface area contributed by atoms with Crippen LogP contribution in [0.1, 0.15) is 18.6 Å². The predicted octanol–water partition coefficient (Wildman–Crippen LogP) is -0.238. The molecule has 0 unspecified atom stereocenters. The fourth-order valence-electron chi connectivity index (χ4n) is 1.05. The largest absolute Gasteiger partial charge is 0.504 e. The second-order valence-corrected chi connectivity index (χ2v) is 3.17. The highest BCUT2D eigenvalue weighted by atomic mass is 16.3. The van der Waals surface area contributed by atoms with Gasteiger partial charge >= 0.3 is 0 Å². The number of quaternary nitrogens is 1. The van der Waals surface area contributed by atoms with Gasteiger partial charge in [-0.25, -0.2) is 0 Å². The maximum atomic E-state index is 9.56. The van der Waals surface area contributed by atoms with Gasteiger partial charge in [-0.1, -0.05) is 6.07 Å². The van der Waals surface area contributed by atoms with Crippen LogP contribution in [0.5, 0.6) is 11.5 Å². The molecule has 13 heavy (non-hydrogen) atoms. The van der Waals surface area contributed by atoms with Crippen molar-refractivity contribution in [2.75, 3.05) is 0 Å². The highest BCUT2D eigenvalue weighted by Crippen LogP contribution is 2.28. The molecule has 0 saturated carbocycles. The zero-order valence-electron chi connectivity index (χ0n) is 7.44. The molecule has 0 radical (unpaired) electrons. The Morgan fingerprint density at radius 3 is 2.31 bits per heavy atom. The summed E-state index contributed by atoms with van der Waals surface area (Å²) in [4.78, 5) is 0. The minimum atomic E-state index is -0.716. The van der Waals surface area contributed by atoms with E-state index in [2.05, 4.69) is 5.73 Å². The van der Waals surface area contributed by atoms with Crippen LogP contribution in [0.4, 0.5) is 0 Å². The lowest BCUT2D eigenvalue weighted by Crippen LogP contribution is -2.61. The lowest BCUT2D eigenvalue weighted by molar-refractivity contribution is -0.433. The van der Waals surface area contributed by atoms with E-state index in [1.807, 2.05) is 0 Å². The number of aliphatic hydroxyl groups excluding tert-OH is 1. The number of hydrogen-bond donors (Lipinski definition) is 4. The molecule has 1 aromatic carbocycles. The van der Waals surface area contributed by atoms with Crippen molar-refractivity contribution in [3.05, 3.63) is 23.8 Å². The number of rotatable bonds is 2. The Bertz CT molecular complexity index is 299. The molecular weight excluding hydrogens is 170 g/mol. The SMILES string of the molecule is C[C@H]([NH3+])[C@@H](O)c1ccc(O)c(O)c1. The van der Waals surface area contributed by atoms with Crippen LogP contribution >= 0.6 is 0 Å². The van der Waals surface area contributed by atoms with E-state index in [1.54, 1.807) is 13.0 Å². The van der Waals surface area contributed by atoms with Crippen molar-refractivity contribution in [3.8, 4) is 11.5 Å². The predicted molar refractivity (Wildman–Crippen MR) is 47.1 cm³/mol. The molecule has 2 atom stereocenters. The topological polar surface area (TPSA) is 88.3 Å². The van der Waals surface area contributed by atoms with Crippen molar-refractivity contribution in [3.63, 3.8) is 0 Å². The third-order valence-electron chi connectivity index (χ3n) is 1.88. The third kappa shape index (κ3) is 2.11. The Morgan fingerprint density at radius 2 is 1.85 bits per heavy atom. The van der Waals surface area contributed by atoms with E-state index in [1.165, 1.54) is 12.1 Å². The van der Waals surface area contributed by atoms with E-state index >= 15 is 0 Å². The molecule has 0 fully saturated rings. The monoisotopic (exact) mass is 184 g/mol. The van der Waals surface area contributed by atoms with Gasteiger partial charge in [0.2, 0.25) is 0 Å². The van der Waals surface area contributed by atoms with Crippen molar-refractivity contribution in [2.24, 2.45) is 0 Å². The molecule has 72 valence electrons. The maximum Gasteiger partial charge on any atom is 0.157 e. The van der Waals surface area contributed by atoms with Crippen LogP contribution in [-0.2, 0) is 0 Å². The number of benzene rings is 1. The summed E-state index contributed by atoms with van der Waals surface area (Å²) in [6.07, 6.45) is -0.716.